The van der Waals surface area contributed by atoms with Crippen molar-refractivity contribution in [3.8, 4) is 11.3 Å². The Bertz CT molecular complexity index is 809. The number of ether oxygens (including phenoxy) is 1. The zero-order chi connectivity index (χ0) is 20.2. The molecule has 0 bridgehead atoms. The van der Waals surface area contributed by atoms with E-state index >= 15 is 0 Å². The molecule has 6 nitrogen and oxygen atoms in total. The highest BCUT2D eigenvalue weighted by atomic mass is 32.1. The van der Waals surface area contributed by atoms with Gasteiger partial charge in [-0.1, -0.05) is 6.07 Å². The summed E-state index contributed by atoms with van der Waals surface area (Å²) in [5, 5.41) is 4.39. The van der Waals surface area contributed by atoms with Gasteiger partial charge in [-0.3, -0.25) is 9.78 Å². The molecule has 7 heteroatoms. The van der Waals surface area contributed by atoms with Crippen LogP contribution in [-0.4, -0.2) is 67.3 Å². The lowest BCUT2D eigenvalue weighted by molar-refractivity contribution is 0.0904. The highest BCUT2D eigenvalue weighted by molar-refractivity contribution is 7.18. The second-order valence-electron chi connectivity index (χ2n) is 8.02. The van der Waals surface area contributed by atoms with E-state index in [1.807, 2.05) is 24.3 Å². The molecule has 0 saturated carbocycles. The lowest BCUT2D eigenvalue weighted by atomic mass is 10.0. The van der Waals surface area contributed by atoms with Crippen molar-refractivity contribution in [2.24, 2.45) is 0 Å². The first kappa shape index (κ1) is 20.3. The van der Waals surface area contributed by atoms with Gasteiger partial charge in [0.05, 0.1) is 23.8 Å². The second kappa shape index (κ2) is 9.24. The van der Waals surface area contributed by atoms with Crippen LogP contribution in [0.2, 0.25) is 0 Å². The smallest absolute Gasteiger partial charge is 0.261 e. The Balaban J connectivity index is 1.51. The molecular weight excluding hydrogens is 384 g/mol. The average Bonchev–Trinajstić information content (AvgIpc) is 3.21. The summed E-state index contributed by atoms with van der Waals surface area (Å²) in [6.07, 6.45) is 3.83. The van der Waals surface area contributed by atoms with Crippen LogP contribution in [0.4, 0.5) is 5.00 Å². The van der Waals surface area contributed by atoms with Gasteiger partial charge in [0, 0.05) is 50.0 Å². The Morgan fingerprint density at radius 1 is 1.21 bits per heavy atom. The fourth-order valence-electron chi connectivity index (χ4n) is 4.02. The third-order valence-electron chi connectivity index (χ3n) is 5.77. The Hall–Kier alpha value is -1.96. The van der Waals surface area contributed by atoms with Crippen molar-refractivity contribution in [1.29, 1.82) is 0 Å². The van der Waals surface area contributed by atoms with Gasteiger partial charge in [-0.15, -0.1) is 11.3 Å². The van der Waals surface area contributed by atoms with Crippen molar-refractivity contribution >= 4 is 22.2 Å². The number of anilines is 1. The molecule has 0 aromatic carbocycles. The molecule has 0 aliphatic carbocycles. The summed E-state index contributed by atoms with van der Waals surface area (Å²) in [6, 6.07) is 8.75. The molecular formula is C22H30N4O2S. The highest BCUT2D eigenvalue weighted by Gasteiger charge is 2.26. The molecule has 0 radical (unpaired) electrons. The van der Waals surface area contributed by atoms with Crippen LogP contribution >= 0.6 is 11.3 Å². The van der Waals surface area contributed by atoms with Gasteiger partial charge in [0.1, 0.15) is 5.00 Å². The Labute approximate surface area is 176 Å². The zero-order valence-corrected chi connectivity index (χ0v) is 18.1. The van der Waals surface area contributed by atoms with Crippen molar-refractivity contribution in [2.45, 2.75) is 38.8 Å². The van der Waals surface area contributed by atoms with Gasteiger partial charge in [0.25, 0.3) is 5.91 Å². The zero-order valence-electron chi connectivity index (χ0n) is 17.3. The molecule has 1 N–H and O–H groups in total. The molecule has 2 aliphatic heterocycles. The number of amides is 1. The van der Waals surface area contributed by atoms with E-state index < -0.39 is 0 Å². The summed E-state index contributed by atoms with van der Waals surface area (Å²) >= 11 is 1.57. The number of nitrogens with zero attached hydrogens (tertiary/aromatic N) is 3. The van der Waals surface area contributed by atoms with E-state index in [0.29, 0.717) is 6.04 Å². The summed E-state index contributed by atoms with van der Waals surface area (Å²) in [7, 11) is 0. The molecule has 2 fully saturated rings. The van der Waals surface area contributed by atoms with E-state index in [2.05, 4.69) is 33.9 Å². The quantitative estimate of drug-likeness (QED) is 0.814. The number of pyridine rings is 1. The molecule has 2 aromatic heterocycles. The fourth-order valence-corrected chi connectivity index (χ4v) is 5.14. The van der Waals surface area contributed by atoms with Crippen LogP contribution in [0.1, 0.15) is 36.4 Å². The van der Waals surface area contributed by atoms with E-state index in [0.717, 1.165) is 73.4 Å². The Morgan fingerprint density at radius 2 is 1.97 bits per heavy atom. The molecule has 0 atom stereocenters. The van der Waals surface area contributed by atoms with Crippen LogP contribution in [0.15, 0.2) is 30.5 Å². The largest absolute Gasteiger partial charge is 0.378 e. The van der Waals surface area contributed by atoms with Crippen molar-refractivity contribution < 1.29 is 9.53 Å². The third-order valence-corrected chi connectivity index (χ3v) is 6.97. The molecule has 156 valence electrons. The summed E-state index contributed by atoms with van der Waals surface area (Å²) in [4.78, 5) is 23.1. The lowest BCUT2D eigenvalue weighted by Crippen LogP contribution is -2.46. The van der Waals surface area contributed by atoms with Crippen LogP contribution in [0.5, 0.6) is 0 Å². The standard InChI is InChI=1S/C22H30N4O2S/c1-16(2)25-9-6-17(7-10-25)24-21(27)20-15-18(19-5-3-4-8-23-19)22(29-20)26-11-13-28-14-12-26/h3-5,8,15-17H,6-7,9-14H2,1-2H3,(H,24,27). The molecule has 0 spiro atoms. The predicted molar refractivity (Wildman–Crippen MR) is 118 cm³/mol. The number of morpholine rings is 1. The molecule has 29 heavy (non-hydrogen) atoms. The van der Waals surface area contributed by atoms with Gasteiger partial charge in [-0.25, -0.2) is 0 Å². The van der Waals surface area contributed by atoms with E-state index in [-0.39, 0.29) is 11.9 Å². The van der Waals surface area contributed by atoms with Crippen LogP contribution in [0, 0.1) is 0 Å². The minimum Gasteiger partial charge on any atom is -0.378 e. The molecule has 4 rings (SSSR count). The van der Waals surface area contributed by atoms with Crippen LogP contribution in [0.25, 0.3) is 11.3 Å². The summed E-state index contributed by atoms with van der Waals surface area (Å²) in [5.74, 6) is 0.0367. The number of hydrogen-bond acceptors (Lipinski definition) is 6. The van der Waals surface area contributed by atoms with Crippen molar-refractivity contribution in [2.75, 3.05) is 44.3 Å². The number of nitrogens with one attached hydrogen (secondary N) is 1. The van der Waals surface area contributed by atoms with Crippen molar-refractivity contribution in [1.82, 2.24) is 15.2 Å². The van der Waals surface area contributed by atoms with Crippen LogP contribution in [0.3, 0.4) is 0 Å². The number of hydrogen-bond donors (Lipinski definition) is 1. The third kappa shape index (κ3) is 4.79. The van der Waals surface area contributed by atoms with Gasteiger partial charge in [0.15, 0.2) is 0 Å². The molecule has 2 aliphatic rings. The van der Waals surface area contributed by atoms with E-state index in [9.17, 15) is 4.79 Å². The fraction of sp³-hybridized carbons (Fsp3) is 0.545. The summed E-state index contributed by atoms with van der Waals surface area (Å²) in [5.41, 5.74) is 1.95. The first-order chi connectivity index (χ1) is 14.1. The summed E-state index contributed by atoms with van der Waals surface area (Å²) < 4.78 is 5.51. The van der Waals surface area contributed by atoms with Gasteiger partial charge in [-0.05, 0) is 44.9 Å². The molecule has 2 aromatic rings. The minimum absolute atomic E-state index is 0.0367. The average molecular weight is 415 g/mol. The normalized spacial score (nSPS) is 18.9. The molecule has 4 heterocycles. The van der Waals surface area contributed by atoms with E-state index in [4.69, 9.17) is 4.74 Å². The number of likely N-dealkylation sites (tertiary alicyclic amines) is 1. The number of aromatic nitrogens is 1. The Morgan fingerprint density at radius 3 is 2.62 bits per heavy atom. The van der Waals surface area contributed by atoms with E-state index in [1.165, 1.54) is 0 Å². The number of piperidine rings is 1. The number of thiophene rings is 1. The number of carbonyl (C=O) groups excluding carboxylic acids is 1. The van der Waals surface area contributed by atoms with Gasteiger partial charge in [-0.2, -0.15) is 0 Å². The van der Waals surface area contributed by atoms with Crippen molar-refractivity contribution in [3.05, 3.63) is 35.3 Å². The van der Waals surface area contributed by atoms with Gasteiger partial charge < -0.3 is 19.9 Å². The maximum Gasteiger partial charge on any atom is 0.261 e. The second-order valence-corrected chi connectivity index (χ2v) is 9.05. The van der Waals surface area contributed by atoms with Crippen LogP contribution in [-0.2, 0) is 4.74 Å². The maximum atomic E-state index is 13.0. The van der Waals surface area contributed by atoms with E-state index in [1.54, 1.807) is 17.5 Å². The molecule has 1 amide bonds. The van der Waals surface area contributed by atoms with Crippen molar-refractivity contribution in [3.63, 3.8) is 0 Å². The number of rotatable bonds is 5. The SMILES string of the molecule is CC(C)N1CCC(NC(=O)c2cc(-c3ccccn3)c(N3CCOCC3)s2)CC1. The van der Waals surface area contributed by atoms with Crippen LogP contribution < -0.4 is 10.2 Å². The Kier molecular flexibility index (Phi) is 6.47. The molecule has 2 saturated heterocycles. The highest BCUT2D eigenvalue weighted by Crippen LogP contribution is 2.38. The summed E-state index contributed by atoms with van der Waals surface area (Å²) in [6.45, 7) is 9.68. The number of carbonyl (C=O) groups is 1. The van der Waals surface area contributed by atoms with Gasteiger partial charge in [0.2, 0.25) is 0 Å². The predicted octanol–water partition coefficient (Wildman–Crippen LogP) is 3.25. The minimum atomic E-state index is 0.0367. The van der Waals surface area contributed by atoms with Gasteiger partial charge >= 0.3 is 0 Å². The lowest BCUT2D eigenvalue weighted by Gasteiger charge is -2.34. The maximum absolute atomic E-state index is 13.0. The topological polar surface area (TPSA) is 57.7 Å². The first-order valence-electron chi connectivity index (χ1n) is 10.5. The molecule has 0 unspecified atom stereocenters. The first-order valence-corrected chi connectivity index (χ1v) is 11.4. The monoisotopic (exact) mass is 414 g/mol.